The van der Waals surface area contributed by atoms with Crippen LogP contribution in [0, 0.1) is 11.7 Å². The first-order chi connectivity index (χ1) is 9.20. The monoisotopic (exact) mass is 265 g/mol. The van der Waals surface area contributed by atoms with E-state index in [0.717, 1.165) is 25.9 Å². The van der Waals surface area contributed by atoms with Crippen molar-refractivity contribution in [2.24, 2.45) is 5.92 Å². The van der Waals surface area contributed by atoms with Crippen LogP contribution in [0.5, 0.6) is 5.75 Å². The molecule has 4 heteroatoms. The molecule has 1 atom stereocenters. The molecule has 3 nitrogen and oxygen atoms in total. The molecule has 0 aliphatic carbocycles. The molecule has 0 spiro atoms. The maximum Gasteiger partial charge on any atom is 0.222 e. The smallest absolute Gasteiger partial charge is 0.222 e. The Kier molecular flexibility index (Phi) is 4.77. The van der Waals surface area contributed by atoms with Gasteiger partial charge in [0.05, 0.1) is 6.61 Å². The van der Waals surface area contributed by atoms with Crippen LogP contribution in [0.15, 0.2) is 24.3 Å². The van der Waals surface area contributed by atoms with Crippen LogP contribution in [-0.2, 0) is 4.79 Å². The number of carbonyl (C=O) groups is 1. The second-order valence-corrected chi connectivity index (χ2v) is 4.94. The van der Waals surface area contributed by atoms with Gasteiger partial charge < -0.3 is 9.64 Å². The van der Waals surface area contributed by atoms with Gasteiger partial charge >= 0.3 is 0 Å². The summed E-state index contributed by atoms with van der Waals surface area (Å²) in [5.41, 5.74) is 0. The van der Waals surface area contributed by atoms with Crippen molar-refractivity contribution in [2.45, 2.75) is 26.2 Å². The molecule has 1 aliphatic rings. The molecule has 1 fully saturated rings. The molecule has 0 aromatic heterocycles. The number of rotatable bonds is 4. The van der Waals surface area contributed by atoms with Crippen LogP contribution in [0.1, 0.15) is 26.2 Å². The molecule has 1 unspecified atom stereocenters. The second-order valence-electron chi connectivity index (χ2n) is 4.94. The van der Waals surface area contributed by atoms with Gasteiger partial charge in [-0.15, -0.1) is 0 Å². The van der Waals surface area contributed by atoms with Gasteiger partial charge in [-0.05, 0) is 25.0 Å². The molecule has 1 aromatic carbocycles. The van der Waals surface area contributed by atoms with E-state index in [2.05, 4.69) is 0 Å². The molecule has 0 saturated carbocycles. The van der Waals surface area contributed by atoms with E-state index in [1.165, 1.54) is 6.07 Å². The Morgan fingerprint density at radius 2 is 2.26 bits per heavy atom. The van der Waals surface area contributed by atoms with Crippen molar-refractivity contribution < 1.29 is 13.9 Å². The maximum absolute atomic E-state index is 13.4. The molecule has 1 amide bonds. The summed E-state index contributed by atoms with van der Waals surface area (Å²) >= 11 is 0. The molecule has 2 rings (SSSR count). The number of likely N-dealkylation sites (tertiary alicyclic amines) is 1. The second kappa shape index (κ2) is 6.55. The Morgan fingerprint density at radius 3 is 3.00 bits per heavy atom. The number of hydrogen-bond donors (Lipinski definition) is 0. The Hall–Kier alpha value is -1.58. The number of para-hydroxylation sites is 1. The highest BCUT2D eigenvalue weighted by Gasteiger charge is 2.23. The normalized spacial score (nSPS) is 19.3. The summed E-state index contributed by atoms with van der Waals surface area (Å²) in [4.78, 5) is 13.6. The van der Waals surface area contributed by atoms with Crippen LogP contribution in [-0.4, -0.2) is 30.5 Å². The lowest BCUT2D eigenvalue weighted by molar-refractivity contribution is -0.132. The zero-order chi connectivity index (χ0) is 13.7. The summed E-state index contributed by atoms with van der Waals surface area (Å²) in [5.74, 6) is 0.445. The van der Waals surface area contributed by atoms with Gasteiger partial charge in [0.2, 0.25) is 5.91 Å². The highest BCUT2D eigenvalue weighted by Crippen LogP contribution is 2.21. The molecule has 0 N–H and O–H groups in total. The molecule has 0 radical (unpaired) electrons. The summed E-state index contributed by atoms with van der Waals surface area (Å²) in [5, 5.41) is 0. The van der Waals surface area contributed by atoms with E-state index >= 15 is 0 Å². The van der Waals surface area contributed by atoms with E-state index in [1.54, 1.807) is 18.2 Å². The van der Waals surface area contributed by atoms with Gasteiger partial charge in [0.15, 0.2) is 11.6 Å². The highest BCUT2D eigenvalue weighted by molar-refractivity contribution is 5.75. The third kappa shape index (κ3) is 3.69. The van der Waals surface area contributed by atoms with Crippen LogP contribution in [0.25, 0.3) is 0 Å². The Bertz CT molecular complexity index is 436. The van der Waals surface area contributed by atoms with E-state index in [1.807, 2.05) is 11.8 Å². The summed E-state index contributed by atoms with van der Waals surface area (Å²) < 4.78 is 18.9. The number of halogens is 1. The van der Waals surface area contributed by atoms with Crippen molar-refractivity contribution in [3.8, 4) is 5.75 Å². The number of nitrogens with zero attached hydrogens (tertiary/aromatic N) is 1. The quantitative estimate of drug-likeness (QED) is 0.837. The van der Waals surface area contributed by atoms with Crippen LogP contribution in [0.2, 0.25) is 0 Å². The van der Waals surface area contributed by atoms with Crippen LogP contribution >= 0.6 is 0 Å². The van der Waals surface area contributed by atoms with Crippen molar-refractivity contribution in [1.29, 1.82) is 0 Å². The first kappa shape index (κ1) is 13.8. The minimum atomic E-state index is -0.334. The fourth-order valence-corrected chi connectivity index (χ4v) is 2.42. The lowest BCUT2D eigenvalue weighted by Crippen LogP contribution is -2.41. The molecular formula is C15H20FNO2. The van der Waals surface area contributed by atoms with E-state index in [-0.39, 0.29) is 11.7 Å². The van der Waals surface area contributed by atoms with Gasteiger partial charge in [-0.25, -0.2) is 4.39 Å². The molecule has 1 heterocycles. The van der Waals surface area contributed by atoms with Crippen LogP contribution in [0.3, 0.4) is 0 Å². The van der Waals surface area contributed by atoms with E-state index in [4.69, 9.17) is 4.74 Å². The molecule has 1 aromatic rings. The summed E-state index contributed by atoms with van der Waals surface area (Å²) in [6.45, 7) is 3.90. The summed E-state index contributed by atoms with van der Waals surface area (Å²) in [6.07, 6.45) is 2.57. The average Bonchev–Trinajstić information content (AvgIpc) is 2.46. The number of hydrogen-bond acceptors (Lipinski definition) is 2. The van der Waals surface area contributed by atoms with Gasteiger partial charge in [0.1, 0.15) is 0 Å². The van der Waals surface area contributed by atoms with Gasteiger partial charge in [0.25, 0.3) is 0 Å². The molecule has 1 saturated heterocycles. The fourth-order valence-electron chi connectivity index (χ4n) is 2.42. The van der Waals surface area contributed by atoms with Crippen molar-refractivity contribution in [3.05, 3.63) is 30.1 Å². The minimum absolute atomic E-state index is 0.190. The zero-order valence-electron chi connectivity index (χ0n) is 11.3. The Morgan fingerprint density at radius 1 is 1.47 bits per heavy atom. The SMILES string of the molecule is CCC(=O)N1CCCC(COc2ccccc2F)C1. The Balaban J connectivity index is 1.86. The first-order valence-electron chi connectivity index (χ1n) is 6.85. The minimum Gasteiger partial charge on any atom is -0.490 e. The van der Waals surface area contributed by atoms with Crippen molar-refractivity contribution >= 4 is 5.91 Å². The first-order valence-corrected chi connectivity index (χ1v) is 6.85. The topological polar surface area (TPSA) is 29.5 Å². The van der Waals surface area contributed by atoms with Crippen molar-refractivity contribution in [1.82, 2.24) is 4.90 Å². The summed E-state index contributed by atoms with van der Waals surface area (Å²) in [6, 6.07) is 6.42. The third-order valence-corrected chi connectivity index (χ3v) is 3.49. The standard InChI is InChI=1S/C15H20FNO2/c1-2-15(18)17-9-5-6-12(10-17)11-19-14-8-4-3-7-13(14)16/h3-4,7-8,12H,2,5-6,9-11H2,1H3. The highest BCUT2D eigenvalue weighted by atomic mass is 19.1. The number of ether oxygens (including phenoxy) is 1. The van der Waals surface area contributed by atoms with Crippen LogP contribution in [0.4, 0.5) is 4.39 Å². The molecule has 1 aliphatic heterocycles. The predicted octanol–water partition coefficient (Wildman–Crippen LogP) is 2.85. The zero-order valence-corrected chi connectivity index (χ0v) is 11.3. The lowest BCUT2D eigenvalue weighted by atomic mass is 9.99. The number of benzene rings is 1. The van der Waals surface area contributed by atoms with Crippen LogP contribution < -0.4 is 4.74 Å². The molecule has 0 bridgehead atoms. The largest absolute Gasteiger partial charge is 0.490 e. The van der Waals surface area contributed by atoms with E-state index in [9.17, 15) is 9.18 Å². The van der Waals surface area contributed by atoms with Crippen molar-refractivity contribution in [2.75, 3.05) is 19.7 Å². The van der Waals surface area contributed by atoms with Crippen molar-refractivity contribution in [3.63, 3.8) is 0 Å². The maximum atomic E-state index is 13.4. The summed E-state index contributed by atoms with van der Waals surface area (Å²) in [7, 11) is 0. The fraction of sp³-hybridized carbons (Fsp3) is 0.533. The van der Waals surface area contributed by atoms with Gasteiger partial charge in [0, 0.05) is 25.4 Å². The Labute approximate surface area is 113 Å². The molecular weight excluding hydrogens is 245 g/mol. The van der Waals surface area contributed by atoms with Gasteiger partial charge in [-0.3, -0.25) is 4.79 Å². The van der Waals surface area contributed by atoms with E-state index in [0.29, 0.717) is 24.7 Å². The average molecular weight is 265 g/mol. The molecule has 19 heavy (non-hydrogen) atoms. The van der Waals surface area contributed by atoms with Gasteiger partial charge in [-0.2, -0.15) is 0 Å². The third-order valence-electron chi connectivity index (χ3n) is 3.49. The number of piperidine rings is 1. The number of amides is 1. The van der Waals surface area contributed by atoms with E-state index < -0.39 is 0 Å². The molecule has 104 valence electrons. The number of carbonyl (C=O) groups excluding carboxylic acids is 1. The van der Waals surface area contributed by atoms with Gasteiger partial charge in [-0.1, -0.05) is 19.1 Å². The lowest BCUT2D eigenvalue weighted by Gasteiger charge is -2.32. The predicted molar refractivity (Wildman–Crippen MR) is 71.5 cm³/mol.